The molecule has 6 heteroatoms. The first-order valence-electron chi connectivity index (χ1n) is 7.16. The zero-order valence-corrected chi connectivity index (χ0v) is 12.6. The zero-order chi connectivity index (χ0) is 15.0. The smallest absolute Gasteiger partial charge is 0.255 e. The first-order chi connectivity index (χ1) is 9.93. The summed E-state index contributed by atoms with van der Waals surface area (Å²) in [6.07, 6.45) is 3.92. The fraction of sp³-hybridized carbons (Fsp3) is 0.533. The Morgan fingerprint density at radius 2 is 2.24 bits per heavy atom. The molecule has 0 unspecified atom stereocenters. The average molecular weight is 288 g/mol. The van der Waals surface area contributed by atoms with E-state index in [0.29, 0.717) is 13.1 Å². The minimum atomic E-state index is -0.148. The van der Waals surface area contributed by atoms with Crippen LogP contribution in [0.25, 0.3) is 0 Å². The Morgan fingerprint density at radius 1 is 1.43 bits per heavy atom. The Labute approximate surface area is 123 Å². The van der Waals surface area contributed by atoms with E-state index in [1.54, 1.807) is 6.20 Å². The molecule has 0 amide bonds. The number of aromatic nitrogens is 3. The molecule has 112 valence electrons. The first kappa shape index (κ1) is 14.0. The maximum absolute atomic E-state index is 12.3. The Kier molecular flexibility index (Phi) is 3.41. The average Bonchev–Trinajstić information content (AvgIpc) is 2.91. The number of H-pyrrole nitrogens is 1. The summed E-state index contributed by atoms with van der Waals surface area (Å²) in [5.41, 5.74) is 1.53. The highest BCUT2D eigenvalue weighted by Crippen LogP contribution is 2.21. The van der Waals surface area contributed by atoms with E-state index in [0.717, 1.165) is 35.8 Å². The molecule has 0 aromatic carbocycles. The molecular formula is C15H20N4O2. The van der Waals surface area contributed by atoms with Gasteiger partial charge in [-0.25, -0.2) is 9.97 Å². The highest BCUT2D eigenvalue weighted by Gasteiger charge is 2.25. The lowest BCUT2D eigenvalue weighted by atomic mass is 9.95. The van der Waals surface area contributed by atoms with Gasteiger partial charge >= 0.3 is 0 Å². The van der Waals surface area contributed by atoms with E-state index in [2.05, 4.69) is 40.6 Å². The molecule has 0 spiro atoms. The summed E-state index contributed by atoms with van der Waals surface area (Å²) < 4.78 is 5.26. The van der Waals surface area contributed by atoms with E-state index >= 15 is 0 Å². The molecular weight excluding hydrogens is 268 g/mol. The van der Waals surface area contributed by atoms with Gasteiger partial charge in [0.05, 0.1) is 24.0 Å². The molecule has 0 saturated carbocycles. The van der Waals surface area contributed by atoms with E-state index in [1.165, 1.54) is 6.39 Å². The quantitative estimate of drug-likeness (QED) is 0.908. The number of nitrogens with one attached hydrogen (secondary N) is 1. The molecule has 2 aromatic rings. The van der Waals surface area contributed by atoms with Gasteiger partial charge in [-0.15, -0.1) is 0 Å². The van der Waals surface area contributed by atoms with Crippen molar-refractivity contribution in [3.05, 3.63) is 45.8 Å². The lowest BCUT2D eigenvalue weighted by molar-refractivity contribution is 0.222. The summed E-state index contributed by atoms with van der Waals surface area (Å²) in [6.45, 7) is 8.29. The summed E-state index contributed by atoms with van der Waals surface area (Å²) in [5, 5.41) is 0. The zero-order valence-electron chi connectivity index (χ0n) is 12.6. The van der Waals surface area contributed by atoms with Crippen molar-refractivity contribution in [3.8, 4) is 0 Å². The van der Waals surface area contributed by atoms with E-state index in [-0.39, 0.29) is 11.0 Å². The van der Waals surface area contributed by atoms with Gasteiger partial charge in [-0.2, -0.15) is 0 Å². The molecule has 0 radical (unpaired) electrons. The number of aromatic amines is 1. The van der Waals surface area contributed by atoms with Crippen LogP contribution in [0.3, 0.4) is 0 Å². The van der Waals surface area contributed by atoms with Gasteiger partial charge in [0.25, 0.3) is 5.56 Å². The third kappa shape index (κ3) is 2.90. The summed E-state index contributed by atoms with van der Waals surface area (Å²) in [4.78, 5) is 26.0. The normalized spacial score (nSPS) is 16.0. The Bertz CT molecular complexity index is 683. The predicted molar refractivity (Wildman–Crippen MR) is 77.9 cm³/mol. The van der Waals surface area contributed by atoms with Gasteiger partial charge in [-0.05, 0) is 0 Å². The molecule has 0 saturated heterocycles. The molecule has 3 rings (SSSR count). The Hall–Kier alpha value is -1.95. The summed E-state index contributed by atoms with van der Waals surface area (Å²) in [6, 6.07) is 0. The third-order valence-electron chi connectivity index (χ3n) is 3.72. The lowest BCUT2D eigenvalue weighted by Gasteiger charge is -2.28. The van der Waals surface area contributed by atoms with E-state index in [1.807, 2.05) is 0 Å². The molecule has 0 atom stereocenters. The second-order valence-electron chi connectivity index (χ2n) is 6.52. The summed E-state index contributed by atoms with van der Waals surface area (Å²) in [5.74, 6) is 1.57. The highest BCUT2D eigenvalue weighted by atomic mass is 16.3. The number of hydrogen-bond donors (Lipinski definition) is 1. The van der Waals surface area contributed by atoms with Crippen LogP contribution in [0.1, 0.15) is 43.6 Å². The van der Waals surface area contributed by atoms with Crippen molar-refractivity contribution in [2.24, 2.45) is 0 Å². The molecule has 3 heterocycles. The monoisotopic (exact) mass is 288 g/mol. The van der Waals surface area contributed by atoms with Crippen LogP contribution in [0.2, 0.25) is 0 Å². The van der Waals surface area contributed by atoms with Crippen LogP contribution in [-0.2, 0) is 24.9 Å². The van der Waals surface area contributed by atoms with Crippen molar-refractivity contribution in [1.29, 1.82) is 0 Å². The second-order valence-corrected chi connectivity index (χ2v) is 6.52. The van der Waals surface area contributed by atoms with Gasteiger partial charge in [0.2, 0.25) is 0 Å². The van der Waals surface area contributed by atoms with Gasteiger partial charge in [-0.3, -0.25) is 9.69 Å². The molecule has 0 bridgehead atoms. The minimum Gasteiger partial charge on any atom is -0.447 e. The van der Waals surface area contributed by atoms with Crippen molar-refractivity contribution >= 4 is 0 Å². The van der Waals surface area contributed by atoms with Crippen molar-refractivity contribution < 1.29 is 4.42 Å². The molecule has 0 aliphatic carbocycles. The van der Waals surface area contributed by atoms with Crippen molar-refractivity contribution in [2.45, 2.75) is 45.7 Å². The van der Waals surface area contributed by atoms with Gasteiger partial charge in [0.15, 0.2) is 6.39 Å². The van der Waals surface area contributed by atoms with Crippen molar-refractivity contribution in [1.82, 2.24) is 19.9 Å². The van der Waals surface area contributed by atoms with Gasteiger partial charge in [0.1, 0.15) is 11.6 Å². The number of fused-ring (bicyclic) bond motifs is 1. The fourth-order valence-corrected chi connectivity index (χ4v) is 2.51. The topological polar surface area (TPSA) is 75.0 Å². The third-order valence-corrected chi connectivity index (χ3v) is 3.72. The molecule has 21 heavy (non-hydrogen) atoms. The largest absolute Gasteiger partial charge is 0.447 e. The lowest BCUT2D eigenvalue weighted by Crippen LogP contribution is -2.37. The van der Waals surface area contributed by atoms with Crippen LogP contribution < -0.4 is 5.56 Å². The highest BCUT2D eigenvalue weighted by molar-refractivity contribution is 5.22. The molecule has 2 aromatic heterocycles. The van der Waals surface area contributed by atoms with Crippen LogP contribution >= 0.6 is 0 Å². The first-order valence-corrected chi connectivity index (χ1v) is 7.16. The maximum atomic E-state index is 12.3. The Balaban J connectivity index is 1.85. The number of hydrogen-bond acceptors (Lipinski definition) is 5. The SMILES string of the molecule is CC(C)(C)c1nc2c(c(=O)[nH]1)CN(Cc1cnco1)CC2. The molecule has 1 aliphatic heterocycles. The number of nitrogens with zero attached hydrogens (tertiary/aromatic N) is 3. The van der Waals surface area contributed by atoms with Crippen LogP contribution in [0.15, 0.2) is 21.8 Å². The van der Waals surface area contributed by atoms with Gasteiger partial charge in [0, 0.05) is 24.9 Å². The van der Waals surface area contributed by atoms with Crippen molar-refractivity contribution in [3.63, 3.8) is 0 Å². The van der Waals surface area contributed by atoms with E-state index in [4.69, 9.17) is 4.42 Å². The molecule has 0 fully saturated rings. The van der Waals surface area contributed by atoms with E-state index in [9.17, 15) is 4.79 Å². The number of oxazole rings is 1. The second kappa shape index (κ2) is 5.11. The van der Waals surface area contributed by atoms with Crippen LogP contribution in [0.5, 0.6) is 0 Å². The molecule has 1 aliphatic rings. The minimum absolute atomic E-state index is 0.0211. The summed E-state index contributed by atoms with van der Waals surface area (Å²) >= 11 is 0. The Morgan fingerprint density at radius 3 is 2.90 bits per heavy atom. The fourth-order valence-electron chi connectivity index (χ4n) is 2.51. The van der Waals surface area contributed by atoms with Gasteiger partial charge < -0.3 is 9.40 Å². The van der Waals surface area contributed by atoms with Gasteiger partial charge in [-0.1, -0.05) is 20.8 Å². The van der Waals surface area contributed by atoms with Crippen LogP contribution in [0, 0.1) is 0 Å². The summed E-state index contributed by atoms with van der Waals surface area (Å²) in [7, 11) is 0. The van der Waals surface area contributed by atoms with Crippen LogP contribution in [-0.4, -0.2) is 26.4 Å². The standard InChI is InChI=1S/C15H20N4O2/c1-15(2,3)14-17-12-4-5-19(7-10-6-16-9-21-10)8-11(12)13(20)18-14/h6,9H,4-5,7-8H2,1-3H3,(H,17,18,20). The molecule has 1 N–H and O–H groups in total. The van der Waals surface area contributed by atoms with E-state index < -0.39 is 0 Å². The molecule has 6 nitrogen and oxygen atoms in total. The number of rotatable bonds is 2. The predicted octanol–water partition coefficient (Wildman–Crippen LogP) is 1.61. The van der Waals surface area contributed by atoms with Crippen LogP contribution in [0.4, 0.5) is 0 Å². The van der Waals surface area contributed by atoms with Crippen molar-refractivity contribution in [2.75, 3.05) is 6.54 Å². The maximum Gasteiger partial charge on any atom is 0.255 e.